The summed E-state index contributed by atoms with van der Waals surface area (Å²) in [4.78, 5) is 14.8. The summed E-state index contributed by atoms with van der Waals surface area (Å²) in [5.74, 6) is 0.239. The molecule has 4 nitrogen and oxygen atoms in total. The smallest absolute Gasteiger partial charge is 0.287 e. The first kappa shape index (κ1) is 16.3. The normalized spacial score (nSPS) is 16.4. The van der Waals surface area contributed by atoms with Crippen LogP contribution in [-0.2, 0) is 0 Å². The lowest BCUT2D eigenvalue weighted by atomic mass is 10.1. The molecule has 0 unspecified atom stereocenters. The van der Waals surface area contributed by atoms with Crippen LogP contribution in [-0.4, -0.2) is 37.0 Å². The fourth-order valence-electron chi connectivity index (χ4n) is 3.18. The predicted molar refractivity (Wildman–Crippen MR) is 93.2 cm³/mol. The topological polar surface area (TPSA) is 45.5 Å². The van der Waals surface area contributed by atoms with Gasteiger partial charge in [0.05, 0.1) is 0 Å². The average molecular weight is 335 g/mol. The van der Waals surface area contributed by atoms with Gasteiger partial charge in [0.2, 0.25) is 0 Å². The third-order valence-electron chi connectivity index (χ3n) is 4.52. The molecule has 2 heterocycles. The van der Waals surface area contributed by atoms with E-state index in [-0.39, 0.29) is 5.91 Å². The van der Waals surface area contributed by atoms with E-state index in [4.69, 9.17) is 16.0 Å². The molecule has 1 aromatic heterocycles. The maximum absolute atomic E-state index is 12.4. The number of aryl methyl sites for hydroxylation is 1. The molecular formula is C18H23ClN2O2. The summed E-state index contributed by atoms with van der Waals surface area (Å²) in [6.07, 6.45) is 5.17. The van der Waals surface area contributed by atoms with Crippen molar-refractivity contribution in [2.45, 2.75) is 32.6 Å². The molecule has 1 N–H and O–H groups in total. The summed E-state index contributed by atoms with van der Waals surface area (Å²) in [6, 6.07) is 5.41. The number of nitrogens with one attached hydrogen (secondary N) is 1. The Labute approximate surface area is 141 Å². The van der Waals surface area contributed by atoms with Crippen LogP contribution >= 0.6 is 11.6 Å². The molecule has 1 aliphatic heterocycles. The second-order valence-electron chi connectivity index (χ2n) is 6.21. The van der Waals surface area contributed by atoms with Gasteiger partial charge in [-0.25, -0.2) is 0 Å². The first-order chi connectivity index (χ1) is 11.1. The zero-order chi connectivity index (χ0) is 16.2. The number of halogens is 1. The number of carbonyl (C=O) groups is 1. The summed E-state index contributed by atoms with van der Waals surface area (Å²) in [6.45, 7) is 5.72. The van der Waals surface area contributed by atoms with Gasteiger partial charge in [-0.15, -0.1) is 0 Å². The third kappa shape index (κ3) is 3.88. The number of hydrogen-bond acceptors (Lipinski definition) is 3. The molecule has 0 spiro atoms. The van der Waals surface area contributed by atoms with Gasteiger partial charge in [0.25, 0.3) is 5.91 Å². The number of likely N-dealkylation sites (tertiary alicyclic amines) is 1. The zero-order valence-corrected chi connectivity index (χ0v) is 14.3. The van der Waals surface area contributed by atoms with Gasteiger partial charge in [-0.3, -0.25) is 4.79 Å². The van der Waals surface area contributed by atoms with Gasteiger partial charge in [0.15, 0.2) is 5.76 Å². The van der Waals surface area contributed by atoms with Crippen LogP contribution in [0.2, 0.25) is 5.02 Å². The molecule has 5 heteroatoms. The third-order valence-corrected chi connectivity index (χ3v) is 4.75. The highest BCUT2D eigenvalue weighted by Crippen LogP contribution is 2.27. The van der Waals surface area contributed by atoms with Crippen molar-refractivity contribution in [3.05, 3.63) is 34.5 Å². The van der Waals surface area contributed by atoms with Crippen molar-refractivity contribution in [1.29, 1.82) is 0 Å². The molecule has 1 aromatic carbocycles. The number of furan rings is 1. The Kier molecular flexibility index (Phi) is 5.23. The van der Waals surface area contributed by atoms with E-state index in [0.717, 1.165) is 30.6 Å². The molecular weight excluding hydrogens is 312 g/mol. The SMILES string of the molecule is Cc1c(C(=O)NCCN2CCCCCC2)oc2ccc(Cl)cc12. The predicted octanol–water partition coefficient (Wildman–Crippen LogP) is 4.00. The minimum atomic E-state index is -0.148. The Hall–Kier alpha value is -1.52. The van der Waals surface area contributed by atoms with E-state index in [1.807, 2.05) is 13.0 Å². The van der Waals surface area contributed by atoms with Crippen molar-refractivity contribution >= 4 is 28.5 Å². The Morgan fingerprint density at radius 1 is 1.26 bits per heavy atom. The van der Waals surface area contributed by atoms with E-state index >= 15 is 0 Å². The number of amides is 1. The Morgan fingerprint density at radius 2 is 2.00 bits per heavy atom. The lowest BCUT2D eigenvalue weighted by Crippen LogP contribution is -2.35. The van der Waals surface area contributed by atoms with Crippen LogP contribution in [0.4, 0.5) is 0 Å². The molecule has 1 fully saturated rings. The molecule has 3 rings (SSSR count). The van der Waals surface area contributed by atoms with E-state index in [9.17, 15) is 4.79 Å². The van der Waals surface area contributed by atoms with Crippen molar-refractivity contribution in [3.8, 4) is 0 Å². The van der Waals surface area contributed by atoms with Crippen LogP contribution in [0.3, 0.4) is 0 Å². The summed E-state index contributed by atoms with van der Waals surface area (Å²) in [5.41, 5.74) is 1.54. The van der Waals surface area contributed by atoms with Gasteiger partial charge < -0.3 is 14.6 Å². The standard InChI is InChI=1S/C18H23ClN2O2/c1-13-15-12-14(19)6-7-16(15)23-17(13)18(22)20-8-11-21-9-4-2-3-5-10-21/h6-7,12H,2-5,8-11H2,1H3,(H,20,22). The monoisotopic (exact) mass is 334 g/mol. The van der Waals surface area contributed by atoms with Crippen LogP contribution in [0.5, 0.6) is 0 Å². The highest BCUT2D eigenvalue weighted by molar-refractivity contribution is 6.31. The molecule has 124 valence electrons. The molecule has 1 saturated heterocycles. The largest absolute Gasteiger partial charge is 0.451 e. The van der Waals surface area contributed by atoms with E-state index in [0.29, 0.717) is 22.9 Å². The molecule has 23 heavy (non-hydrogen) atoms. The van der Waals surface area contributed by atoms with Gasteiger partial charge in [-0.1, -0.05) is 24.4 Å². The summed E-state index contributed by atoms with van der Waals surface area (Å²) in [5, 5.41) is 4.52. The molecule has 0 aliphatic carbocycles. The lowest BCUT2D eigenvalue weighted by Gasteiger charge is -2.19. The Morgan fingerprint density at radius 3 is 2.74 bits per heavy atom. The zero-order valence-electron chi connectivity index (χ0n) is 13.5. The maximum atomic E-state index is 12.4. The van der Waals surface area contributed by atoms with Crippen molar-refractivity contribution in [2.24, 2.45) is 0 Å². The van der Waals surface area contributed by atoms with Gasteiger partial charge in [-0.05, 0) is 51.1 Å². The number of fused-ring (bicyclic) bond motifs is 1. The minimum absolute atomic E-state index is 0.148. The molecule has 0 bridgehead atoms. The maximum Gasteiger partial charge on any atom is 0.287 e. The molecule has 2 aromatic rings. The van der Waals surface area contributed by atoms with E-state index in [1.54, 1.807) is 12.1 Å². The van der Waals surface area contributed by atoms with E-state index in [1.165, 1.54) is 25.7 Å². The average Bonchev–Trinajstić information content (AvgIpc) is 2.72. The number of rotatable bonds is 4. The molecule has 1 amide bonds. The van der Waals surface area contributed by atoms with Gasteiger partial charge in [-0.2, -0.15) is 0 Å². The quantitative estimate of drug-likeness (QED) is 0.919. The molecule has 1 aliphatic rings. The summed E-state index contributed by atoms with van der Waals surface area (Å²) in [7, 11) is 0. The highest BCUT2D eigenvalue weighted by atomic mass is 35.5. The van der Waals surface area contributed by atoms with Crippen molar-refractivity contribution in [3.63, 3.8) is 0 Å². The second-order valence-corrected chi connectivity index (χ2v) is 6.64. The lowest BCUT2D eigenvalue weighted by molar-refractivity contribution is 0.0922. The Balaban J connectivity index is 1.61. The van der Waals surface area contributed by atoms with E-state index < -0.39 is 0 Å². The fraction of sp³-hybridized carbons (Fsp3) is 0.500. The minimum Gasteiger partial charge on any atom is -0.451 e. The highest BCUT2D eigenvalue weighted by Gasteiger charge is 2.18. The van der Waals surface area contributed by atoms with Crippen LogP contribution in [0, 0.1) is 6.92 Å². The number of nitrogens with zero attached hydrogens (tertiary/aromatic N) is 1. The second kappa shape index (κ2) is 7.37. The summed E-state index contributed by atoms with van der Waals surface area (Å²) < 4.78 is 5.69. The molecule has 0 atom stereocenters. The van der Waals surface area contributed by atoms with Crippen LogP contribution in [0.15, 0.2) is 22.6 Å². The number of carbonyl (C=O) groups excluding carboxylic acids is 1. The molecule has 0 saturated carbocycles. The number of hydrogen-bond donors (Lipinski definition) is 1. The Bertz CT molecular complexity index is 688. The first-order valence-electron chi connectivity index (χ1n) is 8.34. The van der Waals surface area contributed by atoms with Crippen LogP contribution < -0.4 is 5.32 Å². The van der Waals surface area contributed by atoms with Crippen molar-refractivity contribution in [1.82, 2.24) is 10.2 Å². The van der Waals surface area contributed by atoms with E-state index in [2.05, 4.69) is 10.2 Å². The van der Waals surface area contributed by atoms with Gasteiger partial charge >= 0.3 is 0 Å². The summed E-state index contributed by atoms with van der Waals surface area (Å²) >= 11 is 6.01. The first-order valence-corrected chi connectivity index (χ1v) is 8.72. The van der Waals surface area contributed by atoms with Crippen molar-refractivity contribution in [2.75, 3.05) is 26.2 Å². The van der Waals surface area contributed by atoms with Gasteiger partial charge in [0, 0.05) is 29.1 Å². The van der Waals surface area contributed by atoms with Crippen molar-refractivity contribution < 1.29 is 9.21 Å². The van der Waals surface area contributed by atoms with Gasteiger partial charge in [0.1, 0.15) is 5.58 Å². The number of benzene rings is 1. The van der Waals surface area contributed by atoms with Crippen LogP contribution in [0.1, 0.15) is 41.8 Å². The fourth-order valence-corrected chi connectivity index (χ4v) is 3.35. The molecule has 0 radical (unpaired) electrons. The van der Waals surface area contributed by atoms with Crippen LogP contribution in [0.25, 0.3) is 11.0 Å².